The highest BCUT2D eigenvalue weighted by molar-refractivity contribution is 5.95. The number of hydrogen-bond acceptors (Lipinski definition) is 6. The zero-order valence-corrected chi connectivity index (χ0v) is 13.9. The van der Waals surface area contributed by atoms with E-state index in [0.717, 1.165) is 6.42 Å². The van der Waals surface area contributed by atoms with Crippen molar-refractivity contribution < 1.29 is 18.0 Å². The summed E-state index contributed by atoms with van der Waals surface area (Å²) in [4.78, 5) is 14.4. The Morgan fingerprint density at radius 3 is 2.71 bits per heavy atom. The third-order valence-corrected chi connectivity index (χ3v) is 3.58. The molecule has 3 rings (SSSR count). The number of carbonyl (C=O) groups is 1. The number of aryl methyl sites for hydroxylation is 2. The molecule has 1 amide bonds. The fraction of sp³-hybridized carbons (Fsp3) is 0.353. The topological polar surface area (TPSA) is 85.5 Å². The molecule has 0 saturated carbocycles. The lowest BCUT2D eigenvalue weighted by atomic mass is 10.2. The van der Waals surface area contributed by atoms with Crippen molar-refractivity contribution in [3.63, 3.8) is 0 Å². The summed E-state index contributed by atoms with van der Waals surface area (Å²) in [6, 6.07) is 5.24. The van der Waals surface area contributed by atoms with Crippen LogP contribution < -0.4 is 0 Å². The van der Waals surface area contributed by atoms with Crippen molar-refractivity contribution in [1.82, 2.24) is 15.1 Å². The van der Waals surface area contributed by atoms with Gasteiger partial charge in [0.25, 0.3) is 11.8 Å². The molecule has 0 aliphatic carbocycles. The van der Waals surface area contributed by atoms with E-state index in [-0.39, 0.29) is 12.5 Å². The van der Waals surface area contributed by atoms with E-state index in [1.54, 1.807) is 30.0 Å². The maximum atomic E-state index is 12.8. The smallest absolute Gasteiger partial charge is 0.283 e. The summed E-state index contributed by atoms with van der Waals surface area (Å²) in [7, 11) is 0. The molecule has 0 N–H and O–H groups in total. The van der Waals surface area contributed by atoms with Gasteiger partial charge in [0.1, 0.15) is 11.5 Å². The third-order valence-electron chi connectivity index (χ3n) is 3.58. The van der Waals surface area contributed by atoms with Gasteiger partial charge >= 0.3 is 0 Å². The Labute approximate surface area is 139 Å². The Hall–Kier alpha value is -2.83. The second-order valence-corrected chi connectivity index (χ2v) is 5.53. The van der Waals surface area contributed by atoms with Crippen molar-refractivity contribution in [1.29, 1.82) is 0 Å². The second-order valence-electron chi connectivity index (χ2n) is 5.53. The molecule has 126 valence electrons. The monoisotopic (exact) mass is 329 g/mol. The molecule has 0 fully saturated rings. The van der Waals surface area contributed by atoms with Gasteiger partial charge < -0.3 is 18.2 Å². The van der Waals surface area contributed by atoms with Crippen LogP contribution >= 0.6 is 0 Å². The minimum Gasteiger partial charge on any atom is -0.466 e. The average molecular weight is 329 g/mol. The van der Waals surface area contributed by atoms with Gasteiger partial charge in [-0.05, 0) is 38.5 Å². The minimum atomic E-state index is -0.107. The zero-order chi connectivity index (χ0) is 17.1. The molecule has 0 radical (unpaired) electrons. The first-order valence-corrected chi connectivity index (χ1v) is 7.81. The van der Waals surface area contributed by atoms with Crippen LogP contribution in [0.2, 0.25) is 0 Å². The number of nitrogens with zero attached hydrogens (tertiary/aromatic N) is 3. The Morgan fingerprint density at radius 1 is 1.25 bits per heavy atom. The molecule has 24 heavy (non-hydrogen) atoms. The van der Waals surface area contributed by atoms with Gasteiger partial charge in [0.2, 0.25) is 5.89 Å². The highest BCUT2D eigenvalue weighted by atomic mass is 16.4. The van der Waals surface area contributed by atoms with Gasteiger partial charge in [-0.2, -0.15) is 0 Å². The van der Waals surface area contributed by atoms with Gasteiger partial charge in [-0.3, -0.25) is 4.79 Å². The summed E-state index contributed by atoms with van der Waals surface area (Å²) in [6.07, 6.45) is 2.36. The SMILES string of the molecule is CCCN(Cc1nnc(-c2ccco2)o1)C(=O)c1cc(C)oc1C. The first-order chi connectivity index (χ1) is 11.6. The number of hydrogen-bond donors (Lipinski definition) is 0. The summed E-state index contributed by atoms with van der Waals surface area (Å²) < 4.78 is 16.3. The molecule has 0 saturated heterocycles. The summed E-state index contributed by atoms with van der Waals surface area (Å²) in [5.41, 5.74) is 0.562. The van der Waals surface area contributed by atoms with E-state index < -0.39 is 0 Å². The Bertz CT molecular complexity index is 817. The molecule has 3 aromatic heterocycles. The predicted molar refractivity (Wildman–Crippen MR) is 85.2 cm³/mol. The molecule has 3 aromatic rings. The number of carbonyl (C=O) groups excluding carboxylic acids is 1. The van der Waals surface area contributed by atoms with E-state index in [9.17, 15) is 4.79 Å². The summed E-state index contributed by atoms with van der Waals surface area (Å²) in [6.45, 7) is 6.44. The van der Waals surface area contributed by atoms with Crippen LogP contribution in [0, 0.1) is 13.8 Å². The van der Waals surface area contributed by atoms with Gasteiger partial charge in [-0.1, -0.05) is 6.92 Å². The molecule has 0 bridgehead atoms. The predicted octanol–water partition coefficient (Wildman–Crippen LogP) is 3.59. The van der Waals surface area contributed by atoms with Gasteiger partial charge in [0.15, 0.2) is 5.76 Å². The number of rotatable bonds is 6. The van der Waals surface area contributed by atoms with Gasteiger partial charge in [-0.25, -0.2) is 0 Å². The molecule has 0 unspecified atom stereocenters. The van der Waals surface area contributed by atoms with Crippen LogP contribution in [0.4, 0.5) is 0 Å². The van der Waals surface area contributed by atoms with Crippen molar-refractivity contribution in [3.8, 4) is 11.7 Å². The van der Waals surface area contributed by atoms with Crippen molar-refractivity contribution in [2.45, 2.75) is 33.7 Å². The van der Waals surface area contributed by atoms with Crippen LogP contribution in [-0.2, 0) is 6.54 Å². The maximum Gasteiger partial charge on any atom is 0.283 e. The highest BCUT2D eigenvalue weighted by Gasteiger charge is 2.22. The fourth-order valence-electron chi connectivity index (χ4n) is 2.52. The molecular formula is C17H19N3O4. The minimum absolute atomic E-state index is 0.107. The Morgan fingerprint density at radius 2 is 2.08 bits per heavy atom. The van der Waals surface area contributed by atoms with Crippen molar-refractivity contribution in [2.24, 2.45) is 0 Å². The average Bonchev–Trinajstić information content (AvgIpc) is 3.27. The van der Waals surface area contributed by atoms with Crippen LogP contribution in [0.25, 0.3) is 11.7 Å². The normalized spacial score (nSPS) is 11.0. The van der Waals surface area contributed by atoms with Crippen LogP contribution in [0.15, 0.2) is 37.7 Å². The first-order valence-electron chi connectivity index (χ1n) is 7.81. The van der Waals surface area contributed by atoms with E-state index in [4.69, 9.17) is 13.3 Å². The van der Waals surface area contributed by atoms with Gasteiger partial charge in [-0.15, -0.1) is 10.2 Å². The number of amides is 1. The molecule has 3 heterocycles. The fourth-order valence-corrected chi connectivity index (χ4v) is 2.52. The molecule has 0 atom stereocenters. The second kappa shape index (κ2) is 6.74. The molecule has 0 aromatic carbocycles. The Balaban J connectivity index is 1.79. The largest absolute Gasteiger partial charge is 0.466 e. The van der Waals surface area contributed by atoms with Crippen LogP contribution in [0.5, 0.6) is 0 Å². The van der Waals surface area contributed by atoms with E-state index in [2.05, 4.69) is 10.2 Å². The lowest BCUT2D eigenvalue weighted by Gasteiger charge is -2.19. The molecule has 0 spiro atoms. The summed E-state index contributed by atoms with van der Waals surface area (Å²) >= 11 is 0. The molecule has 0 aliphatic heterocycles. The molecule has 0 aliphatic rings. The van der Waals surface area contributed by atoms with Crippen LogP contribution in [-0.4, -0.2) is 27.5 Å². The van der Waals surface area contributed by atoms with Crippen molar-refractivity contribution in [2.75, 3.05) is 6.54 Å². The molecule has 7 heteroatoms. The van der Waals surface area contributed by atoms with Crippen LogP contribution in [0.3, 0.4) is 0 Å². The Kier molecular flexibility index (Phi) is 4.50. The standard InChI is InChI=1S/C17H19N3O4/c1-4-7-20(17(21)13-9-11(2)23-12(13)3)10-15-18-19-16(24-15)14-6-5-8-22-14/h5-6,8-9H,4,7,10H2,1-3H3. The number of furan rings is 2. The van der Waals surface area contributed by atoms with Crippen LogP contribution in [0.1, 0.15) is 41.1 Å². The lowest BCUT2D eigenvalue weighted by Crippen LogP contribution is -2.31. The van der Waals surface area contributed by atoms with Gasteiger partial charge in [0, 0.05) is 6.54 Å². The van der Waals surface area contributed by atoms with Gasteiger partial charge in [0.05, 0.1) is 18.4 Å². The maximum absolute atomic E-state index is 12.8. The summed E-state index contributed by atoms with van der Waals surface area (Å²) in [5.74, 6) is 2.38. The highest BCUT2D eigenvalue weighted by Crippen LogP contribution is 2.20. The van der Waals surface area contributed by atoms with E-state index in [0.29, 0.717) is 41.2 Å². The van der Waals surface area contributed by atoms with Crippen molar-refractivity contribution in [3.05, 3.63) is 47.4 Å². The molecule has 7 nitrogen and oxygen atoms in total. The molecular weight excluding hydrogens is 310 g/mol. The quantitative estimate of drug-likeness (QED) is 0.687. The van der Waals surface area contributed by atoms with E-state index in [1.807, 2.05) is 13.8 Å². The lowest BCUT2D eigenvalue weighted by molar-refractivity contribution is 0.0727. The van der Waals surface area contributed by atoms with E-state index >= 15 is 0 Å². The number of aromatic nitrogens is 2. The summed E-state index contributed by atoms with van der Waals surface area (Å²) in [5, 5.41) is 7.96. The zero-order valence-electron chi connectivity index (χ0n) is 13.9. The first kappa shape index (κ1) is 16.0. The van der Waals surface area contributed by atoms with Crippen molar-refractivity contribution >= 4 is 5.91 Å². The third kappa shape index (κ3) is 3.24. The van der Waals surface area contributed by atoms with E-state index in [1.165, 1.54) is 6.26 Å².